The first-order valence-corrected chi connectivity index (χ1v) is 10.8. The van der Waals surface area contributed by atoms with Crippen molar-refractivity contribution in [2.75, 3.05) is 11.9 Å². The van der Waals surface area contributed by atoms with E-state index in [9.17, 15) is 18.0 Å². The number of hydrogen-bond donors (Lipinski definition) is 3. The fourth-order valence-corrected chi connectivity index (χ4v) is 4.85. The topological polar surface area (TPSA) is 66.0 Å². The molecule has 5 nitrogen and oxygen atoms in total. The Hall–Kier alpha value is -2.32. The molecule has 3 N–H and O–H groups in total. The Kier molecular flexibility index (Phi) is 6.77. The van der Waals surface area contributed by atoms with E-state index < -0.39 is 23.2 Å². The van der Waals surface area contributed by atoms with Crippen LogP contribution in [0.5, 0.6) is 0 Å². The summed E-state index contributed by atoms with van der Waals surface area (Å²) in [6.07, 6.45) is -2.13. The smallest absolute Gasteiger partial charge is 0.352 e. The van der Waals surface area contributed by atoms with Crippen molar-refractivity contribution >= 4 is 29.0 Å². The zero-order chi connectivity index (χ0) is 23.7. The van der Waals surface area contributed by atoms with Crippen molar-refractivity contribution < 1.29 is 18.0 Å². The number of pyridine rings is 1. The average Bonchev–Trinajstić information content (AvgIpc) is 2.63. The summed E-state index contributed by atoms with van der Waals surface area (Å²) in [6, 6.07) is 7.38. The maximum Gasteiger partial charge on any atom is 0.417 e. The molecule has 174 valence electrons. The van der Waals surface area contributed by atoms with Crippen molar-refractivity contribution in [1.29, 1.82) is 0 Å². The van der Waals surface area contributed by atoms with Crippen LogP contribution in [0.4, 0.5) is 24.7 Å². The number of alkyl halides is 3. The van der Waals surface area contributed by atoms with Crippen LogP contribution in [0.1, 0.15) is 56.5 Å². The van der Waals surface area contributed by atoms with Crippen LogP contribution >= 0.6 is 11.6 Å². The maximum atomic E-state index is 13.7. The zero-order valence-corrected chi connectivity index (χ0v) is 19.3. The van der Waals surface area contributed by atoms with Gasteiger partial charge < -0.3 is 16.0 Å². The lowest BCUT2D eigenvalue weighted by molar-refractivity contribution is -0.137. The van der Waals surface area contributed by atoms with Gasteiger partial charge >= 0.3 is 6.18 Å². The molecule has 1 aromatic heterocycles. The molecule has 1 fully saturated rings. The van der Waals surface area contributed by atoms with Gasteiger partial charge in [-0.3, -0.25) is 4.79 Å². The number of benzene rings is 1. The molecular weight excluding hydrogens is 441 g/mol. The first-order chi connectivity index (χ1) is 14.7. The molecule has 1 amide bonds. The molecule has 32 heavy (non-hydrogen) atoms. The van der Waals surface area contributed by atoms with Gasteiger partial charge in [0.1, 0.15) is 5.82 Å². The number of nitrogens with zero attached hydrogens (tertiary/aromatic N) is 1. The second-order valence-corrected chi connectivity index (χ2v) is 10.1. The minimum atomic E-state index is -4.71. The standard InChI is InChI=1S/C23H28ClF3N4O/c1-21(2)10-14(11-22(3,4)31-21)12-29-20(32)17-13-28-19(9-18(17)23(25,26)27)30-16-7-5-6-15(24)8-16/h5-9,13-14,31H,10-12H2,1-4H3,(H,28,30)(H,29,32). The number of amides is 1. The summed E-state index contributed by atoms with van der Waals surface area (Å²) in [6.45, 7) is 8.63. The summed E-state index contributed by atoms with van der Waals surface area (Å²) in [5.74, 6) is -0.664. The number of hydrogen-bond acceptors (Lipinski definition) is 4. The van der Waals surface area contributed by atoms with E-state index in [2.05, 4.69) is 48.6 Å². The Balaban J connectivity index is 1.76. The van der Waals surface area contributed by atoms with Crippen LogP contribution in [0.3, 0.4) is 0 Å². The minimum absolute atomic E-state index is 0.0296. The van der Waals surface area contributed by atoms with Gasteiger partial charge in [0, 0.05) is 34.5 Å². The Morgan fingerprint density at radius 2 is 1.84 bits per heavy atom. The van der Waals surface area contributed by atoms with Gasteiger partial charge in [0.05, 0.1) is 11.1 Å². The van der Waals surface area contributed by atoms with E-state index in [4.69, 9.17) is 11.6 Å². The number of anilines is 2. The second kappa shape index (κ2) is 8.90. The molecule has 1 aliphatic heterocycles. The van der Waals surface area contributed by atoms with Crippen LogP contribution < -0.4 is 16.0 Å². The van der Waals surface area contributed by atoms with Crippen molar-refractivity contribution in [3.63, 3.8) is 0 Å². The van der Waals surface area contributed by atoms with Gasteiger partial charge in [0.25, 0.3) is 5.91 Å². The first-order valence-electron chi connectivity index (χ1n) is 10.4. The highest BCUT2D eigenvalue weighted by atomic mass is 35.5. The summed E-state index contributed by atoms with van der Waals surface area (Å²) < 4.78 is 41.2. The van der Waals surface area contributed by atoms with Crippen LogP contribution in [-0.2, 0) is 6.18 Å². The molecule has 1 aliphatic rings. The summed E-state index contributed by atoms with van der Waals surface area (Å²) in [4.78, 5) is 16.7. The highest BCUT2D eigenvalue weighted by Crippen LogP contribution is 2.35. The van der Waals surface area contributed by atoms with Crippen molar-refractivity contribution in [1.82, 2.24) is 15.6 Å². The predicted molar refractivity (Wildman–Crippen MR) is 120 cm³/mol. The molecule has 0 radical (unpaired) electrons. The molecule has 0 saturated carbocycles. The van der Waals surface area contributed by atoms with Crippen molar-refractivity contribution in [3.8, 4) is 0 Å². The van der Waals surface area contributed by atoms with Crippen LogP contribution in [-0.4, -0.2) is 28.5 Å². The van der Waals surface area contributed by atoms with Crippen molar-refractivity contribution in [2.24, 2.45) is 5.92 Å². The largest absolute Gasteiger partial charge is 0.417 e. The monoisotopic (exact) mass is 468 g/mol. The maximum absolute atomic E-state index is 13.7. The first kappa shape index (κ1) is 24.3. The molecule has 1 saturated heterocycles. The lowest BCUT2D eigenvalue weighted by atomic mass is 9.76. The van der Waals surface area contributed by atoms with E-state index in [-0.39, 0.29) is 22.8 Å². The van der Waals surface area contributed by atoms with Gasteiger partial charge in [-0.25, -0.2) is 4.98 Å². The quantitative estimate of drug-likeness (QED) is 0.520. The fourth-order valence-electron chi connectivity index (χ4n) is 4.66. The van der Waals surface area contributed by atoms with Crippen molar-refractivity contribution in [3.05, 3.63) is 52.7 Å². The van der Waals surface area contributed by atoms with E-state index in [0.29, 0.717) is 17.3 Å². The predicted octanol–water partition coefficient (Wildman–Crippen LogP) is 5.78. The lowest BCUT2D eigenvalue weighted by Crippen LogP contribution is -2.59. The van der Waals surface area contributed by atoms with E-state index >= 15 is 0 Å². The van der Waals surface area contributed by atoms with Crippen LogP contribution in [0.15, 0.2) is 36.5 Å². The Morgan fingerprint density at radius 1 is 1.19 bits per heavy atom. The molecule has 1 aromatic carbocycles. The zero-order valence-electron chi connectivity index (χ0n) is 18.5. The van der Waals surface area contributed by atoms with Gasteiger partial charge in [-0.15, -0.1) is 0 Å². The summed E-state index contributed by atoms with van der Waals surface area (Å²) in [5, 5.41) is 9.47. The molecule has 0 aliphatic carbocycles. The Labute approximate surface area is 191 Å². The summed E-state index contributed by atoms with van der Waals surface area (Å²) >= 11 is 5.92. The number of aromatic nitrogens is 1. The Bertz CT molecular complexity index is 975. The van der Waals surface area contributed by atoms with Gasteiger partial charge in [-0.1, -0.05) is 17.7 Å². The molecule has 0 spiro atoms. The normalized spacial score (nSPS) is 18.2. The van der Waals surface area contributed by atoms with E-state index in [1.54, 1.807) is 24.3 Å². The molecule has 0 atom stereocenters. The van der Waals surface area contributed by atoms with E-state index in [1.165, 1.54) is 0 Å². The van der Waals surface area contributed by atoms with Gasteiger partial charge in [0.2, 0.25) is 0 Å². The number of rotatable bonds is 5. The second-order valence-electron chi connectivity index (χ2n) is 9.63. The lowest BCUT2D eigenvalue weighted by Gasteiger charge is -2.46. The van der Waals surface area contributed by atoms with Gasteiger partial charge in [-0.05, 0) is 70.7 Å². The summed E-state index contributed by atoms with van der Waals surface area (Å²) in [7, 11) is 0. The summed E-state index contributed by atoms with van der Waals surface area (Å²) in [5.41, 5.74) is -1.29. The van der Waals surface area contributed by atoms with E-state index in [0.717, 1.165) is 25.1 Å². The third-order valence-corrected chi connectivity index (χ3v) is 5.61. The number of carbonyl (C=O) groups is 1. The molecule has 3 rings (SSSR count). The average molecular weight is 469 g/mol. The number of halogens is 4. The molecule has 0 unspecified atom stereocenters. The van der Waals surface area contributed by atoms with E-state index in [1.807, 2.05) is 0 Å². The molecular formula is C23H28ClF3N4O. The highest BCUT2D eigenvalue weighted by molar-refractivity contribution is 6.30. The third kappa shape index (κ3) is 6.36. The SMILES string of the molecule is CC1(C)CC(CNC(=O)c2cnc(Nc3cccc(Cl)c3)cc2C(F)(F)F)CC(C)(C)N1. The fraction of sp³-hybridized carbons (Fsp3) is 0.478. The van der Waals surface area contributed by atoms with Crippen LogP contribution in [0, 0.1) is 5.92 Å². The molecule has 2 aromatic rings. The van der Waals surface area contributed by atoms with Crippen LogP contribution in [0.25, 0.3) is 0 Å². The number of piperidine rings is 1. The Morgan fingerprint density at radius 3 is 2.44 bits per heavy atom. The van der Waals surface area contributed by atoms with Gasteiger partial charge in [-0.2, -0.15) is 13.2 Å². The van der Waals surface area contributed by atoms with Gasteiger partial charge in [0.15, 0.2) is 0 Å². The minimum Gasteiger partial charge on any atom is -0.352 e. The molecule has 0 bridgehead atoms. The van der Waals surface area contributed by atoms with Crippen molar-refractivity contribution in [2.45, 2.75) is 57.8 Å². The molecule has 9 heteroatoms. The highest BCUT2D eigenvalue weighted by Gasteiger charge is 2.39. The third-order valence-electron chi connectivity index (χ3n) is 5.38. The number of nitrogens with one attached hydrogen (secondary N) is 3. The number of carbonyl (C=O) groups excluding carboxylic acids is 1. The van der Waals surface area contributed by atoms with Crippen LogP contribution in [0.2, 0.25) is 5.02 Å². The molecule has 2 heterocycles.